The summed E-state index contributed by atoms with van der Waals surface area (Å²) in [6.45, 7) is 3.00. The average Bonchev–Trinajstić information content (AvgIpc) is 2.86. The number of aliphatic hydroxyl groups is 1. The van der Waals surface area contributed by atoms with Crippen LogP contribution in [0.4, 0.5) is 0 Å². The molecule has 0 bridgehead atoms. The van der Waals surface area contributed by atoms with E-state index in [1.54, 1.807) is 24.3 Å². The molecule has 0 radical (unpaired) electrons. The summed E-state index contributed by atoms with van der Waals surface area (Å²) in [7, 11) is 0. The summed E-state index contributed by atoms with van der Waals surface area (Å²) in [6.07, 6.45) is -3.33. The lowest BCUT2D eigenvalue weighted by Gasteiger charge is -2.26. The molecule has 0 aliphatic heterocycles. The van der Waals surface area contributed by atoms with Crippen molar-refractivity contribution in [1.29, 1.82) is 0 Å². The Balaban J connectivity index is 2.30. The molecule has 0 heterocycles. The van der Waals surface area contributed by atoms with E-state index in [-0.39, 0.29) is 12.3 Å². The Morgan fingerprint density at radius 2 is 1.38 bits per heavy atom. The van der Waals surface area contributed by atoms with Gasteiger partial charge in [0.2, 0.25) is 5.91 Å². The van der Waals surface area contributed by atoms with Crippen molar-refractivity contribution >= 4 is 23.8 Å². The van der Waals surface area contributed by atoms with Gasteiger partial charge >= 0.3 is 17.9 Å². The van der Waals surface area contributed by atoms with Crippen molar-refractivity contribution in [1.82, 2.24) is 5.32 Å². The Morgan fingerprint density at radius 1 is 0.862 bits per heavy atom. The van der Waals surface area contributed by atoms with E-state index in [1.807, 2.05) is 6.07 Å². The highest BCUT2D eigenvalue weighted by atomic mass is 16.6. The van der Waals surface area contributed by atoms with Crippen LogP contribution >= 0.6 is 0 Å². The Bertz CT molecular complexity index is 750. The molecule has 0 saturated heterocycles. The van der Waals surface area contributed by atoms with Gasteiger partial charge in [-0.25, -0.2) is 0 Å². The number of ether oxygens (including phenoxy) is 3. The summed E-state index contributed by atoms with van der Waals surface area (Å²) in [4.78, 5) is 47.3. The maximum absolute atomic E-state index is 12.6. The highest BCUT2D eigenvalue weighted by Gasteiger charge is 2.56. The molecule has 1 amide bonds. The molecule has 1 saturated carbocycles. The number of hydrogen-bond donors (Lipinski definition) is 2. The first-order valence-electron chi connectivity index (χ1n) is 9.18. The summed E-state index contributed by atoms with van der Waals surface area (Å²) in [5.74, 6) is -3.25. The second kappa shape index (κ2) is 10.0. The van der Waals surface area contributed by atoms with Crippen molar-refractivity contribution < 1.29 is 38.5 Å². The van der Waals surface area contributed by atoms with E-state index in [1.165, 1.54) is 13.8 Å². The fourth-order valence-corrected chi connectivity index (χ4v) is 3.51. The lowest BCUT2D eigenvalue weighted by atomic mass is 10.0. The van der Waals surface area contributed by atoms with Crippen LogP contribution in [0.25, 0.3) is 0 Å². The van der Waals surface area contributed by atoms with Crippen LogP contribution in [-0.2, 0) is 39.8 Å². The summed E-state index contributed by atoms with van der Waals surface area (Å²) < 4.78 is 15.8. The molecular weight excluding hydrogens is 382 g/mol. The number of aliphatic hydroxyl groups excluding tert-OH is 1. The third kappa shape index (κ3) is 6.02. The van der Waals surface area contributed by atoms with E-state index in [4.69, 9.17) is 14.2 Å². The van der Waals surface area contributed by atoms with Crippen LogP contribution in [0.2, 0.25) is 0 Å². The lowest BCUT2D eigenvalue weighted by Crippen LogP contribution is -2.49. The lowest BCUT2D eigenvalue weighted by molar-refractivity contribution is -0.176. The quantitative estimate of drug-likeness (QED) is 0.482. The minimum Gasteiger partial charge on any atom is -0.458 e. The number of benzene rings is 1. The number of esters is 3. The Morgan fingerprint density at radius 3 is 1.90 bits per heavy atom. The normalized spacial score (nSPS) is 25.7. The molecule has 1 aromatic rings. The van der Waals surface area contributed by atoms with Crippen molar-refractivity contribution in [3.8, 4) is 0 Å². The number of carbonyl (C=O) groups is 4. The van der Waals surface area contributed by atoms with Gasteiger partial charge in [0.25, 0.3) is 0 Å². The van der Waals surface area contributed by atoms with Crippen LogP contribution in [0.15, 0.2) is 30.3 Å². The van der Waals surface area contributed by atoms with Crippen molar-refractivity contribution in [3.63, 3.8) is 0 Å². The first kappa shape index (κ1) is 22.4. The van der Waals surface area contributed by atoms with E-state index >= 15 is 0 Å². The summed E-state index contributed by atoms with van der Waals surface area (Å²) in [5.41, 5.74) is 0.764. The van der Waals surface area contributed by atoms with Crippen molar-refractivity contribution in [2.75, 3.05) is 6.61 Å². The van der Waals surface area contributed by atoms with E-state index in [0.717, 1.165) is 12.5 Å². The zero-order valence-electron chi connectivity index (χ0n) is 16.5. The molecule has 1 aromatic carbocycles. The predicted molar refractivity (Wildman–Crippen MR) is 99.3 cm³/mol. The number of hydrogen-bond acceptors (Lipinski definition) is 8. The largest absolute Gasteiger partial charge is 0.458 e. The van der Waals surface area contributed by atoms with Crippen molar-refractivity contribution in [2.24, 2.45) is 5.92 Å². The molecule has 2 N–H and O–H groups in total. The Kier molecular flexibility index (Phi) is 7.72. The van der Waals surface area contributed by atoms with Crippen LogP contribution in [-0.4, -0.2) is 59.9 Å². The van der Waals surface area contributed by atoms with Crippen molar-refractivity contribution in [2.45, 2.75) is 51.5 Å². The summed E-state index contributed by atoms with van der Waals surface area (Å²) in [6, 6.07) is 8.06. The molecule has 158 valence electrons. The topological polar surface area (TPSA) is 128 Å². The van der Waals surface area contributed by atoms with E-state index in [9.17, 15) is 24.3 Å². The molecule has 1 aliphatic carbocycles. The van der Waals surface area contributed by atoms with Crippen LogP contribution < -0.4 is 5.32 Å². The van der Waals surface area contributed by atoms with Crippen molar-refractivity contribution in [3.05, 3.63) is 35.9 Å². The van der Waals surface area contributed by atoms with Gasteiger partial charge in [-0.2, -0.15) is 0 Å². The average molecular weight is 407 g/mol. The number of amides is 1. The SMILES string of the molecule is CC(=O)O[C@@H]1[C@H](OC(C)=O)[C@@H](CO)[C@H](NC(=O)Cc2ccccc2)[C@@H]1OC(C)=O. The second-order valence-electron chi connectivity index (χ2n) is 6.82. The molecule has 9 nitrogen and oxygen atoms in total. The molecule has 2 rings (SSSR count). The monoisotopic (exact) mass is 407 g/mol. The third-order valence-electron chi connectivity index (χ3n) is 4.54. The fourth-order valence-electron chi connectivity index (χ4n) is 3.51. The number of nitrogens with one attached hydrogen (secondary N) is 1. The first-order valence-corrected chi connectivity index (χ1v) is 9.18. The van der Waals surface area contributed by atoms with Gasteiger partial charge in [0.1, 0.15) is 6.10 Å². The maximum atomic E-state index is 12.6. The molecule has 9 heteroatoms. The molecule has 0 aromatic heterocycles. The maximum Gasteiger partial charge on any atom is 0.303 e. The summed E-state index contributed by atoms with van der Waals surface area (Å²) >= 11 is 0. The molecule has 29 heavy (non-hydrogen) atoms. The van der Waals surface area contributed by atoms with Gasteiger partial charge in [-0.1, -0.05) is 30.3 Å². The fraction of sp³-hybridized carbons (Fsp3) is 0.500. The molecular formula is C20H25NO8. The predicted octanol–water partition coefficient (Wildman–Crippen LogP) is 0.131. The number of rotatable bonds is 7. The third-order valence-corrected chi connectivity index (χ3v) is 4.54. The van der Waals surface area contributed by atoms with Crippen LogP contribution in [0.1, 0.15) is 26.3 Å². The summed E-state index contributed by atoms with van der Waals surface area (Å²) in [5, 5.41) is 12.6. The molecule has 0 unspecified atom stereocenters. The molecule has 1 fully saturated rings. The van der Waals surface area contributed by atoms with Gasteiger partial charge in [-0.05, 0) is 5.56 Å². The number of carbonyl (C=O) groups excluding carboxylic acids is 4. The molecule has 0 spiro atoms. The van der Waals surface area contributed by atoms with Gasteiger partial charge in [-0.15, -0.1) is 0 Å². The van der Waals surface area contributed by atoms with Gasteiger partial charge in [0.05, 0.1) is 19.1 Å². The molecule has 1 aliphatic rings. The van der Waals surface area contributed by atoms with Gasteiger partial charge < -0.3 is 24.6 Å². The van der Waals surface area contributed by atoms with E-state index < -0.39 is 54.8 Å². The highest BCUT2D eigenvalue weighted by Crippen LogP contribution is 2.34. The second-order valence-corrected chi connectivity index (χ2v) is 6.82. The van der Waals surface area contributed by atoms with Crippen LogP contribution in [0.5, 0.6) is 0 Å². The van der Waals surface area contributed by atoms with Gasteiger partial charge in [-0.3, -0.25) is 19.2 Å². The smallest absolute Gasteiger partial charge is 0.303 e. The minimum atomic E-state index is -1.17. The Hall–Kier alpha value is -2.94. The van der Waals surface area contributed by atoms with Crippen LogP contribution in [0.3, 0.4) is 0 Å². The first-order chi connectivity index (χ1) is 13.7. The standard InChI is InChI=1S/C20H25NO8/c1-11(23)27-18-15(10-22)17(19(28-12(2)24)20(18)29-13(3)25)21-16(26)9-14-7-5-4-6-8-14/h4-8,15,17-20,22H,9-10H2,1-3H3,(H,21,26)/t15-,17-,18+,19-,20+/m0/s1. The van der Waals surface area contributed by atoms with Crippen LogP contribution in [0, 0.1) is 5.92 Å². The van der Waals surface area contributed by atoms with E-state index in [0.29, 0.717) is 0 Å². The van der Waals surface area contributed by atoms with Gasteiger partial charge in [0.15, 0.2) is 12.2 Å². The van der Waals surface area contributed by atoms with E-state index in [2.05, 4.69) is 5.32 Å². The molecule has 5 atom stereocenters. The zero-order chi connectivity index (χ0) is 21.6. The highest BCUT2D eigenvalue weighted by molar-refractivity contribution is 5.79. The zero-order valence-corrected chi connectivity index (χ0v) is 16.5. The Labute approximate surface area is 168 Å². The minimum absolute atomic E-state index is 0.0543. The van der Waals surface area contributed by atoms with Gasteiger partial charge in [0, 0.05) is 26.7 Å².